The molecule has 1 fully saturated rings. The summed E-state index contributed by atoms with van der Waals surface area (Å²) in [5, 5.41) is 12.0. The molecule has 2 N–H and O–H groups in total. The number of nitrogens with one attached hydrogen (secondary N) is 1. The molecule has 1 aromatic carbocycles. The Kier molecular flexibility index (Phi) is 3.92. The first kappa shape index (κ1) is 14.1. The Bertz CT molecular complexity index is 571. The van der Waals surface area contributed by atoms with Gasteiger partial charge in [-0.05, 0) is 61.9 Å². The lowest BCUT2D eigenvalue weighted by Gasteiger charge is -2.20. The van der Waals surface area contributed by atoms with Crippen molar-refractivity contribution in [1.82, 2.24) is 4.90 Å². The van der Waals surface area contributed by atoms with E-state index in [1.807, 2.05) is 12.1 Å². The van der Waals surface area contributed by atoms with Gasteiger partial charge in [0, 0.05) is 5.69 Å². The SMILES string of the molecule is O=C(CN1CCCC1C(=O)O)Nc1ccc2c(c1)CCC2. The minimum Gasteiger partial charge on any atom is -0.480 e. The van der Waals surface area contributed by atoms with Gasteiger partial charge in [0.2, 0.25) is 5.91 Å². The molecule has 21 heavy (non-hydrogen) atoms. The molecule has 2 aliphatic rings. The van der Waals surface area contributed by atoms with Gasteiger partial charge in [-0.2, -0.15) is 0 Å². The number of carboxylic acid groups (broad SMARTS) is 1. The topological polar surface area (TPSA) is 69.6 Å². The number of aliphatic carboxylic acids is 1. The first-order chi connectivity index (χ1) is 10.1. The van der Waals surface area contributed by atoms with Crippen molar-refractivity contribution in [3.63, 3.8) is 0 Å². The second kappa shape index (κ2) is 5.85. The van der Waals surface area contributed by atoms with Gasteiger partial charge in [0.05, 0.1) is 6.54 Å². The van der Waals surface area contributed by atoms with E-state index >= 15 is 0 Å². The average Bonchev–Trinajstić information content (AvgIpc) is 3.06. The van der Waals surface area contributed by atoms with E-state index in [0.717, 1.165) is 24.9 Å². The van der Waals surface area contributed by atoms with E-state index in [1.54, 1.807) is 4.90 Å². The van der Waals surface area contributed by atoms with Crippen LogP contribution in [0.5, 0.6) is 0 Å². The van der Waals surface area contributed by atoms with E-state index in [-0.39, 0.29) is 12.5 Å². The molecule has 1 aliphatic carbocycles. The summed E-state index contributed by atoms with van der Waals surface area (Å²) in [6.07, 6.45) is 4.84. The Morgan fingerprint density at radius 1 is 1.24 bits per heavy atom. The zero-order valence-electron chi connectivity index (χ0n) is 12.0. The van der Waals surface area contributed by atoms with E-state index in [1.165, 1.54) is 17.5 Å². The molecule has 0 radical (unpaired) electrons. The minimum atomic E-state index is -0.835. The summed E-state index contributed by atoms with van der Waals surface area (Å²) < 4.78 is 0. The number of likely N-dealkylation sites (tertiary alicyclic amines) is 1. The van der Waals surface area contributed by atoms with Crippen LogP contribution >= 0.6 is 0 Å². The molecule has 1 aromatic rings. The monoisotopic (exact) mass is 288 g/mol. The van der Waals surface area contributed by atoms with Crippen molar-refractivity contribution in [3.8, 4) is 0 Å². The number of amides is 1. The molecule has 1 heterocycles. The number of aryl methyl sites for hydroxylation is 2. The standard InChI is InChI=1S/C16H20N2O3/c19-15(10-18-8-2-5-14(18)16(20)21)17-13-7-6-11-3-1-4-12(11)9-13/h6-7,9,14H,1-5,8,10H2,(H,17,19)(H,20,21). The first-order valence-corrected chi connectivity index (χ1v) is 7.52. The van der Waals surface area contributed by atoms with Gasteiger partial charge >= 0.3 is 5.97 Å². The van der Waals surface area contributed by atoms with Gasteiger partial charge in [-0.25, -0.2) is 0 Å². The Labute approximate surface area is 123 Å². The van der Waals surface area contributed by atoms with Crippen molar-refractivity contribution in [2.24, 2.45) is 0 Å². The van der Waals surface area contributed by atoms with Gasteiger partial charge in [0.25, 0.3) is 0 Å². The van der Waals surface area contributed by atoms with Gasteiger partial charge in [0.15, 0.2) is 0 Å². The number of carbonyl (C=O) groups is 2. The fraction of sp³-hybridized carbons (Fsp3) is 0.500. The third-order valence-electron chi connectivity index (χ3n) is 4.38. The molecule has 1 unspecified atom stereocenters. The second-order valence-corrected chi connectivity index (χ2v) is 5.85. The normalized spacial score (nSPS) is 21.2. The van der Waals surface area contributed by atoms with Crippen LogP contribution in [0.3, 0.4) is 0 Å². The summed E-state index contributed by atoms with van der Waals surface area (Å²) in [5.41, 5.74) is 3.50. The van der Waals surface area contributed by atoms with Crippen LogP contribution in [0, 0.1) is 0 Å². The van der Waals surface area contributed by atoms with E-state index in [0.29, 0.717) is 13.0 Å². The van der Waals surface area contributed by atoms with Crippen LogP contribution in [-0.2, 0) is 22.4 Å². The second-order valence-electron chi connectivity index (χ2n) is 5.85. The lowest BCUT2D eigenvalue weighted by Crippen LogP contribution is -2.40. The Morgan fingerprint density at radius 3 is 2.86 bits per heavy atom. The highest BCUT2D eigenvalue weighted by Gasteiger charge is 2.31. The summed E-state index contributed by atoms with van der Waals surface area (Å²) in [7, 11) is 0. The van der Waals surface area contributed by atoms with E-state index in [9.17, 15) is 9.59 Å². The van der Waals surface area contributed by atoms with Crippen LogP contribution in [0.1, 0.15) is 30.4 Å². The van der Waals surface area contributed by atoms with Crippen LogP contribution in [-0.4, -0.2) is 41.0 Å². The lowest BCUT2D eigenvalue weighted by atomic mass is 10.1. The molecule has 1 saturated heterocycles. The minimum absolute atomic E-state index is 0.138. The fourth-order valence-corrected chi connectivity index (χ4v) is 3.33. The Morgan fingerprint density at radius 2 is 2.05 bits per heavy atom. The summed E-state index contributed by atoms with van der Waals surface area (Å²) in [6, 6.07) is 5.53. The van der Waals surface area contributed by atoms with Crippen molar-refractivity contribution in [3.05, 3.63) is 29.3 Å². The average molecular weight is 288 g/mol. The Balaban J connectivity index is 1.60. The van der Waals surface area contributed by atoms with Gasteiger partial charge in [-0.1, -0.05) is 6.07 Å². The molecule has 5 nitrogen and oxygen atoms in total. The van der Waals surface area contributed by atoms with Crippen LogP contribution in [0.25, 0.3) is 0 Å². The predicted octanol–water partition coefficient (Wildman–Crippen LogP) is 1.66. The maximum absolute atomic E-state index is 12.1. The quantitative estimate of drug-likeness (QED) is 0.884. The molecule has 0 aromatic heterocycles. The van der Waals surface area contributed by atoms with Crippen molar-refractivity contribution >= 4 is 17.6 Å². The van der Waals surface area contributed by atoms with Crippen LogP contribution in [0.15, 0.2) is 18.2 Å². The van der Waals surface area contributed by atoms with E-state index in [2.05, 4.69) is 11.4 Å². The maximum Gasteiger partial charge on any atom is 0.320 e. The number of fused-ring (bicyclic) bond motifs is 1. The molecular weight excluding hydrogens is 268 g/mol. The first-order valence-electron chi connectivity index (χ1n) is 7.52. The number of carbonyl (C=O) groups excluding carboxylic acids is 1. The third kappa shape index (κ3) is 3.08. The molecule has 1 amide bonds. The molecule has 1 aliphatic heterocycles. The van der Waals surface area contributed by atoms with E-state index in [4.69, 9.17) is 5.11 Å². The predicted molar refractivity (Wildman–Crippen MR) is 79.3 cm³/mol. The summed E-state index contributed by atoms with van der Waals surface area (Å²) >= 11 is 0. The van der Waals surface area contributed by atoms with Crippen molar-refractivity contribution in [1.29, 1.82) is 0 Å². The number of anilines is 1. The molecule has 0 saturated carbocycles. The van der Waals surface area contributed by atoms with E-state index < -0.39 is 12.0 Å². The third-order valence-corrected chi connectivity index (χ3v) is 4.38. The number of nitrogens with zero attached hydrogens (tertiary/aromatic N) is 1. The number of rotatable bonds is 4. The fourth-order valence-electron chi connectivity index (χ4n) is 3.33. The number of hydrogen-bond donors (Lipinski definition) is 2. The van der Waals surface area contributed by atoms with Crippen molar-refractivity contribution in [2.45, 2.75) is 38.1 Å². The van der Waals surface area contributed by atoms with Crippen LogP contribution in [0.4, 0.5) is 5.69 Å². The summed E-state index contributed by atoms with van der Waals surface area (Å²) in [5.74, 6) is -0.973. The van der Waals surface area contributed by atoms with Crippen LogP contribution < -0.4 is 5.32 Å². The van der Waals surface area contributed by atoms with Crippen LogP contribution in [0.2, 0.25) is 0 Å². The number of carboxylic acids is 1. The lowest BCUT2D eigenvalue weighted by molar-refractivity contribution is -0.142. The molecule has 0 spiro atoms. The van der Waals surface area contributed by atoms with Gasteiger partial charge < -0.3 is 10.4 Å². The van der Waals surface area contributed by atoms with Crippen molar-refractivity contribution < 1.29 is 14.7 Å². The zero-order chi connectivity index (χ0) is 14.8. The van der Waals surface area contributed by atoms with Crippen molar-refractivity contribution in [2.75, 3.05) is 18.4 Å². The summed E-state index contributed by atoms with van der Waals surface area (Å²) in [6.45, 7) is 0.822. The number of hydrogen-bond acceptors (Lipinski definition) is 3. The highest BCUT2D eigenvalue weighted by molar-refractivity contribution is 5.92. The molecular formula is C16H20N2O3. The highest BCUT2D eigenvalue weighted by Crippen LogP contribution is 2.25. The van der Waals surface area contributed by atoms with Gasteiger partial charge in [-0.15, -0.1) is 0 Å². The molecule has 5 heteroatoms. The number of benzene rings is 1. The molecule has 1 atom stereocenters. The molecule has 112 valence electrons. The maximum atomic E-state index is 12.1. The smallest absolute Gasteiger partial charge is 0.320 e. The van der Waals surface area contributed by atoms with Gasteiger partial charge in [0.1, 0.15) is 6.04 Å². The summed E-state index contributed by atoms with van der Waals surface area (Å²) in [4.78, 5) is 24.9. The van der Waals surface area contributed by atoms with Gasteiger partial charge in [-0.3, -0.25) is 14.5 Å². The molecule has 0 bridgehead atoms. The Hall–Kier alpha value is -1.88. The zero-order valence-corrected chi connectivity index (χ0v) is 12.0. The molecule has 3 rings (SSSR count). The highest BCUT2D eigenvalue weighted by atomic mass is 16.4. The largest absolute Gasteiger partial charge is 0.480 e.